The number of amides is 1. The van der Waals surface area contributed by atoms with Gasteiger partial charge < -0.3 is 10.6 Å². The number of fused-ring (bicyclic) bond motifs is 1. The molecule has 0 spiro atoms. The van der Waals surface area contributed by atoms with Crippen LogP contribution in [0.2, 0.25) is 5.02 Å². The summed E-state index contributed by atoms with van der Waals surface area (Å²) in [5, 5.41) is 19.7. The topological polar surface area (TPSA) is 84.2 Å². The van der Waals surface area contributed by atoms with Crippen LogP contribution in [0, 0.1) is 6.92 Å². The standard InChI is InChI=1S/C22H21ClN6O/c1-15-5-7-16(8-6-15)14-25-19-9-10-20-26-27-21(29(20)28-19)11-12-24-22(30)17-3-2-4-18(23)13-17/h2-10,13H,11-12,14H2,1H3,(H,24,30)(H,25,28). The number of hydrogen-bond acceptors (Lipinski definition) is 5. The van der Waals surface area contributed by atoms with Gasteiger partial charge in [-0.2, -0.15) is 4.52 Å². The van der Waals surface area contributed by atoms with E-state index in [1.165, 1.54) is 11.1 Å². The molecular formula is C22H21ClN6O. The Morgan fingerprint density at radius 3 is 2.70 bits per heavy atom. The zero-order valence-electron chi connectivity index (χ0n) is 16.5. The van der Waals surface area contributed by atoms with Gasteiger partial charge in [0, 0.05) is 30.1 Å². The van der Waals surface area contributed by atoms with Crippen LogP contribution in [0.3, 0.4) is 0 Å². The summed E-state index contributed by atoms with van der Waals surface area (Å²) < 4.78 is 1.70. The molecule has 0 saturated heterocycles. The third-order valence-electron chi connectivity index (χ3n) is 4.64. The number of halogens is 1. The molecule has 2 aromatic carbocycles. The second-order valence-corrected chi connectivity index (χ2v) is 7.40. The summed E-state index contributed by atoms with van der Waals surface area (Å²) >= 11 is 5.94. The summed E-state index contributed by atoms with van der Waals surface area (Å²) in [5.41, 5.74) is 3.59. The van der Waals surface area contributed by atoms with E-state index in [0.29, 0.717) is 41.6 Å². The lowest BCUT2D eigenvalue weighted by Gasteiger charge is -2.07. The molecule has 7 nitrogen and oxygen atoms in total. The van der Waals surface area contributed by atoms with Gasteiger partial charge in [0.2, 0.25) is 0 Å². The maximum absolute atomic E-state index is 12.2. The monoisotopic (exact) mass is 420 g/mol. The summed E-state index contributed by atoms with van der Waals surface area (Å²) in [6.07, 6.45) is 0.502. The Balaban J connectivity index is 1.38. The Bertz CT molecular complexity index is 1170. The van der Waals surface area contributed by atoms with E-state index in [0.717, 1.165) is 5.82 Å². The number of hydrogen-bond donors (Lipinski definition) is 2. The van der Waals surface area contributed by atoms with Crippen LogP contribution >= 0.6 is 11.6 Å². The Labute approximate surface area is 179 Å². The predicted octanol–water partition coefficient (Wildman–Crippen LogP) is 3.67. The van der Waals surface area contributed by atoms with E-state index in [4.69, 9.17) is 11.6 Å². The lowest BCUT2D eigenvalue weighted by Crippen LogP contribution is -2.26. The molecule has 2 heterocycles. The first-order chi connectivity index (χ1) is 14.6. The highest BCUT2D eigenvalue weighted by Gasteiger charge is 2.10. The van der Waals surface area contributed by atoms with Crippen LogP contribution in [0.5, 0.6) is 0 Å². The molecule has 0 aliphatic rings. The molecule has 0 atom stereocenters. The Kier molecular flexibility index (Phi) is 5.90. The molecule has 4 rings (SSSR count). The molecule has 0 aliphatic heterocycles. The van der Waals surface area contributed by atoms with Crippen molar-refractivity contribution in [1.82, 2.24) is 25.1 Å². The molecule has 0 aliphatic carbocycles. The molecule has 0 fully saturated rings. The summed E-state index contributed by atoms with van der Waals surface area (Å²) in [7, 11) is 0. The summed E-state index contributed by atoms with van der Waals surface area (Å²) in [4.78, 5) is 12.2. The fraction of sp³-hybridized carbons (Fsp3) is 0.182. The number of carbonyl (C=O) groups excluding carboxylic acids is 1. The normalized spacial score (nSPS) is 10.9. The van der Waals surface area contributed by atoms with E-state index in [9.17, 15) is 4.79 Å². The molecule has 2 aromatic heterocycles. The average molecular weight is 421 g/mol. The van der Waals surface area contributed by atoms with Crippen LogP contribution in [0.15, 0.2) is 60.7 Å². The Morgan fingerprint density at radius 2 is 1.90 bits per heavy atom. The van der Waals surface area contributed by atoms with Crippen molar-refractivity contribution in [2.24, 2.45) is 0 Å². The van der Waals surface area contributed by atoms with Gasteiger partial charge in [-0.05, 0) is 42.8 Å². The van der Waals surface area contributed by atoms with Crippen LogP contribution in [0.25, 0.3) is 5.65 Å². The van der Waals surface area contributed by atoms with Gasteiger partial charge in [-0.25, -0.2) is 0 Å². The first kappa shape index (κ1) is 19.8. The highest BCUT2D eigenvalue weighted by Crippen LogP contribution is 2.12. The molecule has 0 saturated carbocycles. The molecule has 30 heavy (non-hydrogen) atoms. The van der Waals surface area contributed by atoms with Crippen molar-refractivity contribution in [2.45, 2.75) is 19.9 Å². The van der Waals surface area contributed by atoms with Crippen LogP contribution in [0.1, 0.15) is 27.3 Å². The van der Waals surface area contributed by atoms with Gasteiger partial charge in [-0.1, -0.05) is 47.5 Å². The minimum absolute atomic E-state index is 0.181. The van der Waals surface area contributed by atoms with Gasteiger partial charge in [-0.15, -0.1) is 15.3 Å². The third-order valence-corrected chi connectivity index (χ3v) is 4.88. The van der Waals surface area contributed by atoms with Gasteiger partial charge in [0.25, 0.3) is 5.91 Å². The molecule has 152 valence electrons. The van der Waals surface area contributed by atoms with Crippen molar-refractivity contribution < 1.29 is 4.79 Å². The first-order valence-corrected chi connectivity index (χ1v) is 10.0. The van der Waals surface area contributed by atoms with Gasteiger partial charge in [-0.3, -0.25) is 4.79 Å². The molecular weight excluding hydrogens is 400 g/mol. The largest absolute Gasteiger partial charge is 0.365 e. The SMILES string of the molecule is Cc1ccc(CNc2ccc3nnc(CCNC(=O)c4cccc(Cl)c4)n3n2)cc1. The second-order valence-electron chi connectivity index (χ2n) is 6.96. The Morgan fingerprint density at radius 1 is 1.07 bits per heavy atom. The molecule has 2 N–H and O–H groups in total. The average Bonchev–Trinajstić information content (AvgIpc) is 3.15. The van der Waals surface area contributed by atoms with E-state index in [1.807, 2.05) is 12.1 Å². The number of benzene rings is 2. The Hall–Kier alpha value is -3.45. The lowest BCUT2D eigenvalue weighted by molar-refractivity contribution is 0.0954. The van der Waals surface area contributed by atoms with Gasteiger partial charge in [0.05, 0.1) is 0 Å². The van der Waals surface area contributed by atoms with Crippen molar-refractivity contribution in [1.29, 1.82) is 0 Å². The number of rotatable bonds is 7. The van der Waals surface area contributed by atoms with E-state index >= 15 is 0 Å². The summed E-state index contributed by atoms with van der Waals surface area (Å²) in [6.45, 7) is 3.15. The molecule has 0 radical (unpaired) electrons. The number of aromatic nitrogens is 4. The fourth-order valence-corrected chi connectivity index (χ4v) is 3.19. The maximum Gasteiger partial charge on any atom is 0.251 e. The molecule has 0 unspecified atom stereocenters. The van der Waals surface area contributed by atoms with Gasteiger partial charge in [0.15, 0.2) is 11.5 Å². The first-order valence-electron chi connectivity index (χ1n) is 9.63. The zero-order valence-corrected chi connectivity index (χ0v) is 17.2. The quantitative estimate of drug-likeness (QED) is 0.476. The minimum atomic E-state index is -0.181. The van der Waals surface area contributed by atoms with Gasteiger partial charge in [0.1, 0.15) is 5.82 Å². The number of nitrogens with zero attached hydrogens (tertiary/aromatic N) is 4. The highest BCUT2D eigenvalue weighted by atomic mass is 35.5. The molecule has 0 bridgehead atoms. The number of carbonyl (C=O) groups is 1. The predicted molar refractivity (Wildman–Crippen MR) is 117 cm³/mol. The van der Waals surface area contributed by atoms with Crippen LogP contribution < -0.4 is 10.6 Å². The van der Waals surface area contributed by atoms with Crippen molar-refractivity contribution in [2.75, 3.05) is 11.9 Å². The second kappa shape index (κ2) is 8.92. The number of nitrogens with one attached hydrogen (secondary N) is 2. The van der Waals surface area contributed by atoms with Crippen molar-refractivity contribution in [3.8, 4) is 0 Å². The smallest absolute Gasteiger partial charge is 0.251 e. The number of aryl methyl sites for hydroxylation is 1. The van der Waals surface area contributed by atoms with E-state index in [1.54, 1.807) is 28.8 Å². The van der Waals surface area contributed by atoms with Gasteiger partial charge >= 0.3 is 0 Å². The lowest BCUT2D eigenvalue weighted by atomic mass is 10.1. The van der Waals surface area contributed by atoms with E-state index < -0.39 is 0 Å². The van der Waals surface area contributed by atoms with Crippen LogP contribution in [0.4, 0.5) is 5.82 Å². The summed E-state index contributed by atoms with van der Waals surface area (Å²) in [6, 6.07) is 18.9. The fourth-order valence-electron chi connectivity index (χ4n) is 3.00. The molecule has 1 amide bonds. The maximum atomic E-state index is 12.2. The van der Waals surface area contributed by atoms with Crippen molar-refractivity contribution in [3.05, 3.63) is 88.2 Å². The van der Waals surface area contributed by atoms with Crippen LogP contribution in [-0.4, -0.2) is 32.3 Å². The summed E-state index contributed by atoms with van der Waals surface area (Å²) in [5.74, 6) is 1.22. The minimum Gasteiger partial charge on any atom is -0.365 e. The number of anilines is 1. The zero-order chi connectivity index (χ0) is 20.9. The third kappa shape index (κ3) is 4.75. The molecule has 4 aromatic rings. The van der Waals surface area contributed by atoms with Crippen molar-refractivity contribution >= 4 is 29.0 Å². The van der Waals surface area contributed by atoms with Crippen molar-refractivity contribution in [3.63, 3.8) is 0 Å². The highest BCUT2D eigenvalue weighted by molar-refractivity contribution is 6.30. The van der Waals surface area contributed by atoms with E-state index in [-0.39, 0.29) is 5.91 Å². The van der Waals surface area contributed by atoms with Crippen LogP contribution in [-0.2, 0) is 13.0 Å². The van der Waals surface area contributed by atoms with E-state index in [2.05, 4.69) is 57.1 Å². The molecule has 8 heteroatoms.